The lowest BCUT2D eigenvalue weighted by Gasteiger charge is -2.32. The third kappa shape index (κ3) is 3.62. The molecule has 4 rings (SSSR count). The fraction of sp³-hybridized carbons (Fsp3) is 0.579. The van der Waals surface area contributed by atoms with Crippen molar-refractivity contribution in [3.05, 3.63) is 40.8 Å². The molecule has 0 saturated carbocycles. The van der Waals surface area contributed by atoms with Crippen LogP contribution in [-0.4, -0.2) is 51.7 Å². The first-order chi connectivity index (χ1) is 12.7. The van der Waals surface area contributed by atoms with Gasteiger partial charge in [-0.15, -0.1) is 0 Å². The van der Waals surface area contributed by atoms with Crippen LogP contribution in [0.4, 0.5) is 0 Å². The number of hydrogen-bond donors (Lipinski definition) is 0. The number of carbonyl (C=O) groups is 1. The van der Waals surface area contributed by atoms with Gasteiger partial charge in [-0.25, -0.2) is 9.97 Å². The molecule has 7 nitrogen and oxygen atoms in total. The summed E-state index contributed by atoms with van der Waals surface area (Å²) >= 11 is 0. The van der Waals surface area contributed by atoms with Crippen LogP contribution in [0, 0.1) is 6.92 Å². The molecule has 1 aliphatic heterocycles. The van der Waals surface area contributed by atoms with Gasteiger partial charge in [-0.1, -0.05) is 5.16 Å². The molecule has 7 heteroatoms. The van der Waals surface area contributed by atoms with E-state index in [2.05, 4.69) is 15.1 Å². The van der Waals surface area contributed by atoms with Crippen molar-refractivity contribution in [3.63, 3.8) is 0 Å². The second-order valence-corrected chi connectivity index (χ2v) is 7.07. The molecule has 0 unspecified atom stereocenters. The molecule has 0 bridgehead atoms. The summed E-state index contributed by atoms with van der Waals surface area (Å²) in [5.41, 5.74) is 3.50. The molecule has 0 radical (unpaired) electrons. The van der Waals surface area contributed by atoms with Crippen LogP contribution in [0.15, 0.2) is 16.9 Å². The van der Waals surface area contributed by atoms with Gasteiger partial charge in [0.15, 0.2) is 5.69 Å². The average molecular weight is 356 g/mol. The molecule has 2 aromatic rings. The van der Waals surface area contributed by atoms with Crippen LogP contribution in [0.5, 0.6) is 0 Å². The lowest BCUT2D eigenvalue weighted by molar-refractivity contribution is -0.0250. The molecule has 26 heavy (non-hydrogen) atoms. The van der Waals surface area contributed by atoms with E-state index in [1.807, 2.05) is 17.9 Å². The van der Waals surface area contributed by atoms with Gasteiger partial charge in [-0.2, -0.15) is 0 Å². The number of aromatic nitrogens is 3. The fourth-order valence-electron chi connectivity index (χ4n) is 3.74. The Morgan fingerprint density at radius 2 is 2.19 bits per heavy atom. The van der Waals surface area contributed by atoms with E-state index in [-0.39, 0.29) is 12.0 Å². The zero-order chi connectivity index (χ0) is 17.9. The van der Waals surface area contributed by atoms with Gasteiger partial charge in [0.2, 0.25) is 0 Å². The van der Waals surface area contributed by atoms with Gasteiger partial charge in [0.1, 0.15) is 12.1 Å². The number of amides is 1. The smallest absolute Gasteiger partial charge is 0.276 e. The standard InChI is InChI=1S/C19H24N4O3/c1-13-10-14(21-12-20-13)6-7-15-11-23(8-9-25-15)19(24)18-16-4-2-3-5-17(16)26-22-18/h10,12,15H,2-9,11H2,1H3/t15-/m1/s1. The molecule has 0 N–H and O–H groups in total. The molecule has 0 spiro atoms. The maximum absolute atomic E-state index is 12.9. The van der Waals surface area contributed by atoms with Crippen LogP contribution in [0.2, 0.25) is 0 Å². The minimum absolute atomic E-state index is 0.0192. The lowest BCUT2D eigenvalue weighted by atomic mass is 9.96. The Labute approximate surface area is 152 Å². The number of ether oxygens (including phenoxy) is 1. The third-order valence-electron chi connectivity index (χ3n) is 5.16. The van der Waals surface area contributed by atoms with Crippen LogP contribution in [0.3, 0.4) is 0 Å². The van der Waals surface area contributed by atoms with Crippen molar-refractivity contribution in [1.82, 2.24) is 20.0 Å². The highest BCUT2D eigenvalue weighted by molar-refractivity contribution is 5.94. The van der Waals surface area contributed by atoms with E-state index in [0.717, 1.165) is 61.2 Å². The van der Waals surface area contributed by atoms with Crippen LogP contribution in [0.1, 0.15) is 52.5 Å². The van der Waals surface area contributed by atoms with E-state index in [0.29, 0.717) is 25.4 Å². The summed E-state index contributed by atoms with van der Waals surface area (Å²) in [6.45, 7) is 3.70. The number of fused-ring (bicyclic) bond motifs is 1. The molecule has 1 atom stereocenters. The normalized spacial score (nSPS) is 20.0. The van der Waals surface area contributed by atoms with Gasteiger partial charge >= 0.3 is 0 Å². The van der Waals surface area contributed by atoms with E-state index < -0.39 is 0 Å². The molecular weight excluding hydrogens is 332 g/mol. The number of carbonyl (C=O) groups excluding carboxylic acids is 1. The Bertz CT molecular complexity index is 789. The number of hydrogen-bond acceptors (Lipinski definition) is 6. The summed E-state index contributed by atoms with van der Waals surface area (Å²) in [7, 11) is 0. The number of morpholine rings is 1. The van der Waals surface area contributed by atoms with Gasteiger partial charge in [0.05, 0.1) is 12.7 Å². The molecule has 2 aliphatic rings. The minimum Gasteiger partial charge on any atom is -0.375 e. The van der Waals surface area contributed by atoms with Crippen molar-refractivity contribution in [2.24, 2.45) is 0 Å². The lowest BCUT2D eigenvalue weighted by Crippen LogP contribution is -2.46. The summed E-state index contributed by atoms with van der Waals surface area (Å²) in [6.07, 6.45) is 7.24. The molecule has 1 amide bonds. The van der Waals surface area contributed by atoms with E-state index >= 15 is 0 Å². The van der Waals surface area contributed by atoms with Crippen molar-refractivity contribution in [2.75, 3.05) is 19.7 Å². The Morgan fingerprint density at radius 3 is 3.08 bits per heavy atom. The third-order valence-corrected chi connectivity index (χ3v) is 5.16. The average Bonchev–Trinajstić information content (AvgIpc) is 3.10. The highest BCUT2D eigenvalue weighted by Crippen LogP contribution is 2.25. The molecule has 1 fully saturated rings. The Balaban J connectivity index is 1.38. The SMILES string of the molecule is Cc1cc(CC[C@@H]2CN(C(=O)c3noc4c3CCCC4)CCO2)ncn1. The monoisotopic (exact) mass is 356 g/mol. The van der Waals surface area contributed by atoms with Gasteiger partial charge in [0, 0.05) is 36.5 Å². The first-order valence-electron chi connectivity index (χ1n) is 9.36. The number of nitrogens with zero attached hydrogens (tertiary/aromatic N) is 4. The van der Waals surface area contributed by atoms with Crippen molar-refractivity contribution in [2.45, 2.75) is 51.6 Å². The first-order valence-corrected chi connectivity index (χ1v) is 9.36. The summed E-state index contributed by atoms with van der Waals surface area (Å²) < 4.78 is 11.3. The molecule has 138 valence electrons. The predicted octanol–water partition coefficient (Wildman–Crippen LogP) is 2.13. The Kier molecular flexibility index (Phi) is 4.97. The van der Waals surface area contributed by atoms with Crippen molar-refractivity contribution in [1.29, 1.82) is 0 Å². The summed E-state index contributed by atoms with van der Waals surface area (Å²) in [5, 5.41) is 4.08. The molecule has 1 saturated heterocycles. The van der Waals surface area contributed by atoms with Gasteiger partial charge in [-0.05, 0) is 45.1 Å². The zero-order valence-corrected chi connectivity index (χ0v) is 15.1. The topological polar surface area (TPSA) is 81.4 Å². The maximum atomic E-state index is 12.9. The summed E-state index contributed by atoms with van der Waals surface area (Å²) in [6, 6.07) is 1.99. The van der Waals surface area contributed by atoms with Gasteiger partial charge < -0.3 is 14.2 Å². The van der Waals surface area contributed by atoms with Gasteiger partial charge in [-0.3, -0.25) is 4.79 Å². The van der Waals surface area contributed by atoms with E-state index in [1.165, 1.54) is 0 Å². The van der Waals surface area contributed by atoms with Crippen LogP contribution < -0.4 is 0 Å². The second kappa shape index (κ2) is 7.53. The second-order valence-electron chi connectivity index (χ2n) is 7.07. The zero-order valence-electron chi connectivity index (χ0n) is 15.1. The van der Waals surface area contributed by atoms with Crippen LogP contribution >= 0.6 is 0 Å². The fourth-order valence-corrected chi connectivity index (χ4v) is 3.74. The van der Waals surface area contributed by atoms with Crippen molar-refractivity contribution in [3.8, 4) is 0 Å². The maximum Gasteiger partial charge on any atom is 0.276 e. The quantitative estimate of drug-likeness (QED) is 0.835. The number of aryl methyl sites for hydroxylation is 3. The minimum atomic E-state index is -0.0249. The molecule has 3 heterocycles. The first kappa shape index (κ1) is 17.1. The largest absolute Gasteiger partial charge is 0.375 e. The highest BCUT2D eigenvalue weighted by atomic mass is 16.5. The molecule has 0 aromatic carbocycles. The highest BCUT2D eigenvalue weighted by Gasteiger charge is 2.30. The van der Waals surface area contributed by atoms with Crippen molar-refractivity contribution < 1.29 is 14.1 Å². The summed E-state index contributed by atoms with van der Waals surface area (Å²) in [4.78, 5) is 23.2. The number of rotatable bonds is 4. The van der Waals surface area contributed by atoms with Crippen LogP contribution in [-0.2, 0) is 24.0 Å². The Hall–Kier alpha value is -2.28. The Morgan fingerprint density at radius 1 is 1.31 bits per heavy atom. The van der Waals surface area contributed by atoms with Gasteiger partial charge in [0.25, 0.3) is 5.91 Å². The molecular formula is C19H24N4O3. The molecule has 1 aliphatic carbocycles. The van der Waals surface area contributed by atoms with E-state index in [9.17, 15) is 4.79 Å². The predicted molar refractivity (Wildman–Crippen MR) is 93.9 cm³/mol. The van der Waals surface area contributed by atoms with Crippen LogP contribution in [0.25, 0.3) is 0 Å². The summed E-state index contributed by atoms with van der Waals surface area (Å²) in [5.74, 6) is 0.867. The van der Waals surface area contributed by atoms with Crippen molar-refractivity contribution >= 4 is 5.91 Å². The van der Waals surface area contributed by atoms with E-state index in [4.69, 9.17) is 9.26 Å². The van der Waals surface area contributed by atoms with E-state index in [1.54, 1.807) is 6.33 Å². The molecule has 2 aromatic heterocycles.